The smallest absolute Gasteiger partial charge is 0.00104 e. The molecule has 0 aliphatic heterocycles. The molecule has 2 aliphatic carbocycles. The molecule has 0 amide bonds. The van der Waals surface area contributed by atoms with E-state index in [-0.39, 0.29) is 0 Å². The molecule has 0 bridgehead atoms. The number of aryl methyl sites for hydroxylation is 2. The van der Waals surface area contributed by atoms with Crippen molar-refractivity contribution >= 4 is 0 Å². The van der Waals surface area contributed by atoms with Gasteiger partial charge < -0.3 is 5.32 Å². The van der Waals surface area contributed by atoms with Crippen LogP contribution in [-0.2, 0) is 19.3 Å². The van der Waals surface area contributed by atoms with Crippen LogP contribution >= 0.6 is 0 Å². The predicted octanol–water partition coefficient (Wildman–Crippen LogP) is 3.74. The molecule has 1 saturated carbocycles. The van der Waals surface area contributed by atoms with Crippen LogP contribution in [0.15, 0.2) is 18.2 Å². The first kappa shape index (κ1) is 13.2. The van der Waals surface area contributed by atoms with Crippen molar-refractivity contribution in [3.63, 3.8) is 0 Å². The van der Waals surface area contributed by atoms with Gasteiger partial charge in [0.25, 0.3) is 0 Å². The molecule has 104 valence electrons. The lowest BCUT2D eigenvalue weighted by Gasteiger charge is -2.37. The van der Waals surface area contributed by atoms with Crippen LogP contribution in [0.5, 0.6) is 0 Å². The Morgan fingerprint density at radius 1 is 1.11 bits per heavy atom. The Morgan fingerprint density at radius 3 is 2.63 bits per heavy atom. The highest BCUT2D eigenvalue weighted by molar-refractivity contribution is 5.35. The molecule has 1 aromatic carbocycles. The first-order valence-electron chi connectivity index (χ1n) is 8.06. The van der Waals surface area contributed by atoms with E-state index >= 15 is 0 Å². The van der Waals surface area contributed by atoms with E-state index in [0.717, 1.165) is 11.8 Å². The molecule has 3 rings (SSSR count). The van der Waals surface area contributed by atoms with Gasteiger partial charge in [0.1, 0.15) is 0 Å². The monoisotopic (exact) mass is 257 g/mol. The summed E-state index contributed by atoms with van der Waals surface area (Å²) in [6.07, 6.45) is 8.14. The van der Waals surface area contributed by atoms with Gasteiger partial charge in [-0.3, -0.25) is 0 Å². The van der Waals surface area contributed by atoms with Crippen molar-refractivity contribution in [1.29, 1.82) is 0 Å². The largest absolute Gasteiger partial charge is 0.314 e. The second-order valence-electron chi connectivity index (χ2n) is 6.82. The molecular formula is C18H27N. The maximum atomic E-state index is 3.60. The number of hydrogen-bond acceptors (Lipinski definition) is 1. The van der Waals surface area contributed by atoms with Gasteiger partial charge in [0.05, 0.1) is 0 Å². The Bertz CT molecular complexity index is 435. The maximum Gasteiger partial charge on any atom is 0.00104 e. The summed E-state index contributed by atoms with van der Waals surface area (Å²) < 4.78 is 0. The number of nitrogens with one attached hydrogen (secondary N) is 1. The Morgan fingerprint density at radius 2 is 1.89 bits per heavy atom. The molecule has 0 heterocycles. The zero-order valence-electron chi connectivity index (χ0n) is 12.4. The van der Waals surface area contributed by atoms with Crippen LogP contribution in [0, 0.1) is 11.8 Å². The highest BCUT2D eigenvalue weighted by Gasteiger charge is 2.30. The Kier molecular flexibility index (Phi) is 3.93. The average Bonchev–Trinajstić information content (AvgIpc) is 2.81. The average molecular weight is 257 g/mol. The van der Waals surface area contributed by atoms with Crippen LogP contribution in [-0.4, -0.2) is 12.6 Å². The molecule has 0 saturated heterocycles. The molecule has 1 nitrogen and oxygen atoms in total. The second kappa shape index (κ2) is 5.66. The van der Waals surface area contributed by atoms with Crippen LogP contribution in [0.25, 0.3) is 0 Å². The summed E-state index contributed by atoms with van der Waals surface area (Å²) in [7, 11) is 0. The highest BCUT2D eigenvalue weighted by atomic mass is 14.9. The maximum absolute atomic E-state index is 3.60. The van der Waals surface area contributed by atoms with E-state index < -0.39 is 0 Å². The van der Waals surface area contributed by atoms with E-state index in [1.807, 2.05) is 0 Å². The minimum atomic E-state index is 0.626. The number of rotatable bonds is 5. The van der Waals surface area contributed by atoms with E-state index in [2.05, 4.69) is 37.4 Å². The van der Waals surface area contributed by atoms with Crippen LogP contribution in [0.3, 0.4) is 0 Å². The Balaban J connectivity index is 1.56. The fourth-order valence-electron chi connectivity index (χ4n) is 3.62. The Labute approximate surface area is 117 Å². The summed E-state index contributed by atoms with van der Waals surface area (Å²) in [5.41, 5.74) is 4.82. The van der Waals surface area contributed by atoms with Gasteiger partial charge in [0.15, 0.2) is 0 Å². The van der Waals surface area contributed by atoms with E-state index in [1.165, 1.54) is 45.1 Å². The van der Waals surface area contributed by atoms with Crippen LogP contribution in [0.4, 0.5) is 0 Å². The molecule has 2 atom stereocenters. The van der Waals surface area contributed by atoms with Gasteiger partial charge in [0.2, 0.25) is 0 Å². The third-order valence-corrected chi connectivity index (χ3v) is 5.02. The summed E-state index contributed by atoms with van der Waals surface area (Å²) in [5.74, 6) is 1.83. The van der Waals surface area contributed by atoms with E-state index in [1.54, 1.807) is 16.7 Å². The highest BCUT2D eigenvalue weighted by Crippen LogP contribution is 2.37. The third-order valence-electron chi connectivity index (χ3n) is 5.02. The van der Waals surface area contributed by atoms with Gasteiger partial charge >= 0.3 is 0 Å². The molecule has 1 fully saturated rings. The van der Waals surface area contributed by atoms with E-state index in [9.17, 15) is 0 Å². The number of fused-ring (bicyclic) bond motifs is 1. The zero-order chi connectivity index (χ0) is 13.2. The molecular weight excluding hydrogens is 230 g/mol. The quantitative estimate of drug-likeness (QED) is 0.847. The molecule has 2 unspecified atom stereocenters. The van der Waals surface area contributed by atoms with Crippen molar-refractivity contribution in [3.05, 3.63) is 34.9 Å². The topological polar surface area (TPSA) is 12.0 Å². The molecule has 19 heavy (non-hydrogen) atoms. The minimum absolute atomic E-state index is 0.626. The fraction of sp³-hybridized carbons (Fsp3) is 0.667. The molecule has 0 aromatic heterocycles. The van der Waals surface area contributed by atoms with E-state index in [0.29, 0.717) is 6.04 Å². The lowest BCUT2D eigenvalue weighted by Crippen LogP contribution is -2.38. The number of benzene rings is 1. The molecule has 1 heteroatoms. The summed E-state index contributed by atoms with van der Waals surface area (Å²) >= 11 is 0. The van der Waals surface area contributed by atoms with E-state index in [4.69, 9.17) is 0 Å². The summed E-state index contributed by atoms with van der Waals surface area (Å²) in [6.45, 7) is 5.70. The molecule has 0 radical (unpaired) electrons. The van der Waals surface area contributed by atoms with Crippen molar-refractivity contribution < 1.29 is 0 Å². The van der Waals surface area contributed by atoms with Gasteiger partial charge in [-0.15, -0.1) is 0 Å². The van der Waals surface area contributed by atoms with Crippen molar-refractivity contribution in [3.8, 4) is 0 Å². The fourth-order valence-corrected chi connectivity index (χ4v) is 3.62. The normalized spacial score (nSPS) is 25.4. The Hall–Kier alpha value is -0.820. The molecule has 1 aromatic rings. The second-order valence-corrected chi connectivity index (χ2v) is 6.82. The van der Waals surface area contributed by atoms with Crippen molar-refractivity contribution in [1.82, 2.24) is 5.32 Å². The van der Waals surface area contributed by atoms with Gasteiger partial charge in [-0.05, 0) is 73.6 Å². The summed E-state index contributed by atoms with van der Waals surface area (Å²) in [6, 6.07) is 7.89. The standard InChI is InChI=1S/C18H27N/c1-13(2)19-12-18-9-8-17(18)11-14-6-7-15-4-3-5-16(15)10-14/h6-7,10,13,17-19H,3-5,8-9,11-12H2,1-2H3. The van der Waals surface area contributed by atoms with Crippen LogP contribution in [0.1, 0.15) is 49.8 Å². The number of hydrogen-bond donors (Lipinski definition) is 1. The lowest BCUT2D eigenvalue weighted by atomic mass is 9.70. The van der Waals surface area contributed by atoms with Gasteiger partial charge in [0, 0.05) is 6.04 Å². The van der Waals surface area contributed by atoms with Crippen molar-refractivity contribution in [2.75, 3.05) is 6.54 Å². The van der Waals surface area contributed by atoms with Crippen LogP contribution < -0.4 is 5.32 Å². The van der Waals surface area contributed by atoms with Crippen LogP contribution in [0.2, 0.25) is 0 Å². The van der Waals surface area contributed by atoms with Crippen molar-refractivity contribution in [2.45, 2.75) is 58.4 Å². The SMILES string of the molecule is CC(C)NCC1CCC1Cc1ccc2c(c1)CCC2. The zero-order valence-corrected chi connectivity index (χ0v) is 12.4. The first-order valence-corrected chi connectivity index (χ1v) is 8.06. The summed E-state index contributed by atoms with van der Waals surface area (Å²) in [4.78, 5) is 0. The lowest BCUT2D eigenvalue weighted by molar-refractivity contribution is 0.168. The van der Waals surface area contributed by atoms with Gasteiger partial charge in [-0.1, -0.05) is 32.0 Å². The molecule has 1 N–H and O–H groups in total. The first-order chi connectivity index (χ1) is 9.22. The summed E-state index contributed by atoms with van der Waals surface area (Å²) in [5, 5.41) is 3.60. The minimum Gasteiger partial charge on any atom is -0.314 e. The predicted molar refractivity (Wildman–Crippen MR) is 81.5 cm³/mol. The third kappa shape index (κ3) is 3.02. The van der Waals surface area contributed by atoms with Gasteiger partial charge in [-0.25, -0.2) is 0 Å². The molecule has 0 spiro atoms. The van der Waals surface area contributed by atoms with Crippen molar-refractivity contribution in [2.24, 2.45) is 11.8 Å². The van der Waals surface area contributed by atoms with Gasteiger partial charge in [-0.2, -0.15) is 0 Å². The molecule has 2 aliphatic rings.